The zero-order chi connectivity index (χ0) is 16.8. The molecule has 2 heterocycles. The molecule has 0 unspecified atom stereocenters. The number of hydrogen-bond acceptors (Lipinski definition) is 5. The number of aromatic nitrogens is 2. The third-order valence-electron chi connectivity index (χ3n) is 4.06. The molecular formula is C17H21FN4OS. The third-order valence-corrected chi connectivity index (χ3v) is 4.94. The number of anilines is 1. The third kappa shape index (κ3) is 4.74. The van der Waals surface area contributed by atoms with E-state index in [2.05, 4.69) is 15.5 Å². The molecule has 1 aliphatic heterocycles. The molecule has 0 spiro atoms. The van der Waals surface area contributed by atoms with Gasteiger partial charge in [-0.05, 0) is 37.0 Å². The van der Waals surface area contributed by atoms with Crippen LogP contribution in [0.1, 0.15) is 36.3 Å². The fourth-order valence-electron chi connectivity index (χ4n) is 2.75. The molecule has 7 heteroatoms. The summed E-state index contributed by atoms with van der Waals surface area (Å²) in [6.07, 6.45) is 4.56. The summed E-state index contributed by atoms with van der Waals surface area (Å²) < 4.78 is 12.9. The molecule has 1 aliphatic rings. The van der Waals surface area contributed by atoms with Gasteiger partial charge in [0, 0.05) is 32.5 Å². The first-order chi connectivity index (χ1) is 11.7. The van der Waals surface area contributed by atoms with Gasteiger partial charge < -0.3 is 10.2 Å². The molecule has 1 saturated heterocycles. The maximum atomic E-state index is 12.9. The Morgan fingerprint density at radius 3 is 2.67 bits per heavy atom. The topological polar surface area (TPSA) is 58.1 Å². The summed E-state index contributed by atoms with van der Waals surface area (Å²) >= 11 is 1.47. The molecule has 5 nitrogen and oxygen atoms in total. The van der Waals surface area contributed by atoms with Crippen molar-refractivity contribution in [3.63, 3.8) is 0 Å². The summed E-state index contributed by atoms with van der Waals surface area (Å²) in [6, 6.07) is 6.39. The number of carbonyl (C=O) groups excluding carboxylic acids is 1. The van der Waals surface area contributed by atoms with E-state index in [1.54, 1.807) is 12.1 Å². The first-order valence-electron chi connectivity index (χ1n) is 8.29. The molecule has 1 amide bonds. The average molecular weight is 348 g/mol. The molecule has 3 rings (SSSR count). The monoisotopic (exact) mass is 348 g/mol. The molecule has 24 heavy (non-hydrogen) atoms. The SMILES string of the molecule is O=C(CCNc1nnc(Cc2ccc(F)cc2)s1)N1CCCCC1. The average Bonchev–Trinajstić information content (AvgIpc) is 3.05. The van der Waals surface area contributed by atoms with Crippen molar-refractivity contribution < 1.29 is 9.18 Å². The van der Waals surface area contributed by atoms with Crippen LogP contribution in [0.2, 0.25) is 0 Å². The molecule has 0 atom stereocenters. The van der Waals surface area contributed by atoms with Gasteiger partial charge >= 0.3 is 0 Å². The lowest BCUT2D eigenvalue weighted by Gasteiger charge is -2.26. The van der Waals surface area contributed by atoms with Gasteiger partial charge in [-0.2, -0.15) is 0 Å². The molecule has 2 aromatic rings. The van der Waals surface area contributed by atoms with Crippen molar-refractivity contribution in [2.75, 3.05) is 25.0 Å². The Morgan fingerprint density at radius 2 is 1.92 bits per heavy atom. The highest BCUT2D eigenvalue weighted by Crippen LogP contribution is 2.19. The van der Waals surface area contributed by atoms with Crippen molar-refractivity contribution >= 4 is 22.4 Å². The highest BCUT2D eigenvalue weighted by molar-refractivity contribution is 7.15. The zero-order valence-corrected chi connectivity index (χ0v) is 14.3. The summed E-state index contributed by atoms with van der Waals surface area (Å²) in [6.45, 7) is 2.35. The Hall–Kier alpha value is -2.02. The van der Waals surface area contributed by atoms with Crippen LogP contribution in [0.4, 0.5) is 9.52 Å². The second kappa shape index (κ2) is 8.19. The number of likely N-dealkylation sites (tertiary alicyclic amines) is 1. The van der Waals surface area contributed by atoms with E-state index >= 15 is 0 Å². The molecule has 1 N–H and O–H groups in total. The number of halogens is 1. The number of carbonyl (C=O) groups is 1. The van der Waals surface area contributed by atoms with Crippen LogP contribution in [0.5, 0.6) is 0 Å². The summed E-state index contributed by atoms with van der Waals surface area (Å²) in [5, 5.41) is 13.0. The van der Waals surface area contributed by atoms with Gasteiger partial charge in [0.25, 0.3) is 0 Å². The van der Waals surface area contributed by atoms with Crippen LogP contribution < -0.4 is 5.32 Å². The summed E-state index contributed by atoms with van der Waals surface area (Å²) in [5.41, 5.74) is 0.999. The predicted octanol–water partition coefficient (Wildman–Crippen LogP) is 3.08. The molecule has 1 fully saturated rings. The number of nitrogens with zero attached hydrogens (tertiary/aromatic N) is 3. The molecule has 1 aromatic heterocycles. The summed E-state index contributed by atoms with van der Waals surface area (Å²) in [5.74, 6) is -0.0324. The van der Waals surface area contributed by atoms with Crippen molar-refractivity contribution in [2.24, 2.45) is 0 Å². The minimum absolute atomic E-state index is 0.207. The number of amides is 1. The fourth-order valence-corrected chi connectivity index (χ4v) is 3.55. The molecule has 0 bridgehead atoms. The number of piperidine rings is 1. The Balaban J connectivity index is 1.44. The second-order valence-electron chi connectivity index (χ2n) is 5.92. The first-order valence-corrected chi connectivity index (χ1v) is 9.11. The Labute approximate surface area is 144 Å². The highest BCUT2D eigenvalue weighted by atomic mass is 32.1. The lowest BCUT2D eigenvalue weighted by molar-refractivity contribution is -0.131. The largest absolute Gasteiger partial charge is 0.360 e. The van der Waals surface area contributed by atoms with Gasteiger partial charge in [0.15, 0.2) is 0 Å². The van der Waals surface area contributed by atoms with Gasteiger partial charge in [0.2, 0.25) is 11.0 Å². The van der Waals surface area contributed by atoms with Crippen LogP contribution in [0.25, 0.3) is 0 Å². The Bertz CT molecular complexity index is 667. The fraction of sp³-hybridized carbons (Fsp3) is 0.471. The second-order valence-corrected chi connectivity index (χ2v) is 6.98. The van der Waals surface area contributed by atoms with Crippen LogP contribution in [-0.4, -0.2) is 40.6 Å². The van der Waals surface area contributed by atoms with Crippen molar-refractivity contribution in [3.05, 3.63) is 40.7 Å². The Morgan fingerprint density at radius 1 is 1.17 bits per heavy atom. The van der Waals surface area contributed by atoms with Crippen molar-refractivity contribution in [3.8, 4) is 0 Å². The maximum Gasteiger partial charge on any atom is 0.224 e. The van der Waals surface area contributed by atoms with Gasteiger partial charge in [-0.1, -0.05) is 23.5 Å². The van der Waals surface area contributed by atoms with E-state index in [9.17, 15) is 9.18 Å². The summed E-state index contributed by atoms with van der Waals surface area (Å²) in [7, 11) is 0. The molecule has 0 aliphatic carbocycles. The minimum atomic E-state index is -0.239. The van der Waals surface area contributed by atoms with Crippen molar-refractivity contribution in [1.29, 1.82) is 0 Å². The van der Waals surface area contributed by atoms with E-state index < -0.39 is 0 Å². The number of hydrogen-bond donors (Lipinski definition) is 1. The minimum Gasteiger partial charge on any atom is -0.360 e. The van der Waals surface area contributed by atoms with Crippen LogP contribution in [0.3, 0.4) is 0 Å². The molecule has 0 radical (unpaired) electrons. The zero-order valence-electron chi connectivity index (χ0n) is 13.5. The first kappa shape index (κ1) is 16.8. The summed E-state index contributed by atoms with van der Waals surface area (Å²) in [4.78, 5) is 14.0. The van der Waals surface area contributed by atoms with E-state index in [0.717, 1.165) is 41.6 Å². The van der Waals surface area contributed by atoms with Crippen LogP contribution in [0, 0.1) is 5.82 Å². The van der Waals surface area contributed by atoms with E-state index in [1.165, 1.54) is 29.9 Å². The van der Waals surface area contributed by atoms with Gasteiger partial charge in [-0.25, -0.2) is 4.39 Å². The van der Waals surface area contributed by atoms with Crippen LogP contribution >= 0.6 is 11.3 Å². The number of benzene rings is 1. The van der Waals surface area contributed by atoms with Crippen LogP contribution in [-0.2, 0) is 11.2 Å². The Kier molecular flexibility index (Phi) is 5.74. The smallest absolute Gasteiger partial charge is 0.224 e. The molecule has 0 saturated carbocycles. The lowest BCUT2D eigenvalue weighted by Crippen LogP contribution is -2.36. The van der Waals surface area contributed by atoms with E-state index in [4.69, 9.17) is 0 Å². The van der Waals surface area contributed by atoms with E-state index in [1.807, 2.05) is 4.90 Å². The highest BCUT2D eigenvalue weighted by Gasteiger charge is 2.16. The van der Waals surface area contributed by atoms with Crippen molar-refractivity contribution in [1.82, 2.24) is 15.1 Å². The number of rotatable bonds is 6. The molecular weight excluding hydrogens is 327 g/mol. The van der Waals surface area contributed by atoms with Gasteiger partial charge in [-0.3, -0.25) is 4.79 Å². The van der Waals surface area contributed by atoms with Crippen LogP contribution in [0.15, 0.2) is 24.3 Å². The molecule has 1 aromatic carbocycles. The normalized spacial score (nSPS) is 14.6. The molecule has 128 valence electrons. The maximum absolute atomic E-state index is 12.9. The lowest BCUT2D eigenvalue weighted by atomic mass is 10.1. The van der Waals surface area contributed by atoms with Gasteiger partial charge in [-0.15, -0.1) is 10.2 Å². The predicted molar refractivity (Wildman–Crippen MR) is 92.7 cm³/mol. The number of nitrogens with one attached hydrogen (secondary N) is 1. The van der Waals surface area contributed by atoms with Gasteiger partial charge in [0.1, 0.15) is 10.8 Å². The van der Waals surface area contributed by atoms with E-state index in [-0.39, 0.29) is 11.7 Å². The standard InChI is InChI=1S/C17H21FN4OS/c18-14-6-4-13(5-7-14)12-15-20-21-17(24-15)19-9-8-16(23)22-10-2-1-3-11-22/h4-7H,1-3,8-12H2,(H,19,21). The van der Waals surface area contributed by atoms with Gasteiger partial charge in [0.05, 0.1) is 0 Å². The van der Waals surface area contributed by atoms with Crippen molar-refractivity contribution in [2.45, 2.75) is 32.1 Å². The van der Waals surface area contributed by atoms with E-state index in [0.29, 0.717) is 19.4 Å². The quantitative estimate of drug-likeness (QED) is 0.872.